The fourth-order valence-electron chi connectivity index (χ4n) is 0.658. The molecule has 0 radical (unpaired) electrons. The van der Waals surface area contributed by atoms with E-state index in [1.807, 2.05) is 0 Å². The highest BCUT2D eigenvalue weighted by Crippen LogP contribution is 2.29. The summed E-state index contributed by atoms with van der Waals surface area (Å²) in [4.78, 5) is 10.2. The van der Waals surface area contributed by atoms with E-state index < -0.39 is 0 Å². The van der Waals surface area contributed by atoms with Gasteiger partial charge in [-0.3, -0.25) is 4.79 Å². The zero-order chi connectivity index (χ0) is 8.43. The lowest BCUT2D eigenvalue weighted by Gasteiger charge is -1.99. The van der Waals surface area contributed by atoms with Crippen LogP contribution in [0, 0.1) is 0 Å². The first-order valence-electron chi connectivity index (χ1n) is 2.82. The summed E-state index contributed by atoms with van der Waals surface area (Å²) in [5.41, 5.74) is 0.155. The lowest BCUT2D eigenvalue weighted by atomic mass is 10.2. The minimum Gasteiger partial charge on any atom is -0.504 e. The fraction of sp³-hybridized carbons (Fsp3) is 0. The second kappa shape index (κ2) is 2.80. The highest BCUT2D eigenvalue weighted by molar-refractivity contribution is 6.33. The van der Waals surface area contributed by atoms with Crippen LogP contribution in [0.4, 0.5) is 0 Å². The summed E-state index contributed by atoms with van der Waals surface area (Å²) >= 11 is 5.50. The summed E-state index contributed by atoms with van der Waals surface area (Å²) in [7, 11) is 0. The molecule has 2 N–H and O–H groups in total. The molecule has 3 nitrogen and oxygen atoms in total. The molecule has 0 spiro atoms. The first kappa shape index (κ1) is 7.88. The number of carbonyl (C=O) groups is 1. The molecule has 11 heavy (non-hydrogen) atoms. The van der Waals surface area contributed by atoms with Gasteiger partial charge in [0.05, 0.1) is 5.02 Å². The Morgan fingerprint density at radius 1 is 1.27 bits per heavy atom. The summed E-state index contributed by atoms with van der Waals surface area (Å²) in [5, 5.41) is 17.9. The largest absolute Gasteiger partial charge is 0.504 e. The predicted molar refractivity (Wildman–Crippen MR) is 40.2 cm³/mol. The van der Waals surface area contributed by atoms with Gasteiger partial charge >= 0.3 is 0 Å². The van der Waals surface area contributed by atoms with Crippen LogP contribution in [0.2, 0.25) is 5.02 Å². The Bertz CT molecular complexity index is 296. The first-order chi connectivity index (χ1) is 5.15. The van der Waals surface area contributed by atoms with E-state index in [2.05, 4.69) is 0 Å². The number of benzene rings is 1. The standard InChI is InChI=1S/C7H5ClO3/c8-5-2-7(11)6(10)1-4(5)3-9/h1-3,10-11H. The molecule has 1 aromatic rings. The van der Waals surface area contributed by atoms with E-state index in [1.165, 1.54) is 0 Å². The topological polar surface area (TPSA) is 57.5 Å². The molecule has 0 aliphatic rings. The van der Waals surface area contributed by atoms with E-state index >= 15 is 0 Å². The van der Waals surface area contributed by atoms with E-state index in [9.17, 15) is 4.79 Å². The third-order valence-electron chi connectivity index (χ3n) is 1.22. The Balaban J connectivity index is 3.31. The third-order valence-corrected chi connectivity index (χ3v) is 1.55. The van der Waals surface area contributed by atoms with Crippen molar-refractivity contribution in [1.29, 1.82) is 0 Å². The zero-order valence-electron chi connectivity index (χ0n) is 5.41. The Morgan fingerprint density at radius 3 is 2.36 bits per heavy atom. The molecule has 0 saturated heterocycles. The number of hydrogen-bond acceptors (Lipinski definition) is 3. The van der Waals surface area contributed by atoms with Gasteiger partial charge in [0.1, 0.15) is 0 Å². The molecule has 0 saturated carbocycles. The van der Waals surface area contributed by atoms with Gasteiger partial charge in [0.2, 0.25) is 0 Å². The number of phenols is 2. The zero-order valence-corrected chi connectivity index (χ0v) is 6.17. The van der Waals surface area contributed by atoms with Gasteiger partial charge in [-0.05, 0) is 6.07 Å². The van der Waals surface area contributed by atoms with Crippen LogP contribution >= 0.6 is 11.6 Å². The Labute approximate surface area is 67.8 Å². The van der Waals surface area contributed by atoms with Crippen LogP contribution in [0.25, 0.3) is 0 Å². The van der Waals surface area contributed by atoms with E-state index in [0.717, 1.165) is 12.1 Å². The van der Waals surface area contributed by atoms with Crippen LogP contribution in [0.3, 0.4) is 0 Å². The molecule has 0 unspecified atom stereocenters. The maximum atomic E-state index is 10.2. The molecule has 0 fully saturated rings. The molecule has 1 aromatic carbocycles. The van der Waals surface area contributed by atoms with Crippen molar-refractivity contribution in [3.05, 3.63) is 22.7 Å². The van der Waals surface area contributed by atoms with Crippen molar-refractivity contribution >= 4 is 17.9 Å². The molecule has 4 heteroatoms. The number of halogens is 1. The van der Waals surface area contributed by atoms with Crippen molar-refractivity contribution in [1.82, 2.24) is 0 Å². The first-order valence-corrected chi connectivity index (χ1v) is 3.19. The number of hydrogen-bond donors (Lipinski definition) is 2. The van der Waals surface area contributed by atoms with Crippen LogP contribution in [0.5, 0.6) is 11.5 Å². The van der Waals surface area contributed by atoms with Crippen LogP contribution in [-0.4, -0.2) is 16.5 Å². The summed E-state index contributed by atoms with van der Waals surface area (Å²) in [6, 6.07) is 2.21. The van der Waals surface area contributed by atoms with Gasteiger partial charge in [-0.2, -0.15) is 0 Å². The van der Waals surface area contributed by atoms with Gasteiger partial charge in [-0.15, -0.1) is 0 Å². The smallest absolute Gasteiger partial charge is 0.158 e. The molecular weight excluding hydrogens is 168 g/mol. The Kier molecular flexibility index (Phi) is 2.01. The lowest BCUT2D eigenvalue weighted by Crippen LogP contribution is -1.81. The Hall–Kier alpha value is -1.22. The number of carbonyl (C=O) groups excluding carboxylic acids is 1. The van der Waals surface area contributed by atoms with Gasteiger partial charge in [0, 0.05) is 11.6 Å². The van der Waals surface area contributed by atoms with E-state index in [4.69, 9.17) is 21.8 Å². The molecule has 0 aliphatic heterocycles. The number of phenolic OH excluding ortho intramolecular Hbond substituents is 2. The van der Waals surface area contributed by atoms with Gasteiger partial charge in [0.15, 0.2) is 17.8 Å². The molecular formula is C7H5ClO3. The summed E-state index contributed by atoms with van der Waals surface area (Å²) in [5.74, 6) is -0.683. The monoisotopic (exact) mass is 172 g/mol. The maximum Gasteiger partial charge on any atom is 0.158 e. The van der Waals surface area contributed by atoms with Crippen LogP contribution in [0.1, 0.15) is 10.4 Å². The van der Waals surface area contributed by atoms with Gasteiger partial charge in [-0.1, -0.05) is 11.6 Å². The molecule has 0 aliphatic carbocycles. The number of rotatable bonds is 1. The molecule has 58 valence electrons. The van der Waals surface area contributed by atoms with E-state index in [0.29, 0.717) is 6.29 Å². The van der Waals surface area contributed by atoms with Crippen molar-refractivity contribution in [3.8, 4) is 11.5 Å². The molecule has 0 amide bonds. The van der Waals surface area contributed by atoms with Crippen molar-refractivity contribution in [2.75, 3.05) is 0 Å². The highest BCUT2D eigenvalue weighted by Gasteiger charge is 2.04. The van der Waals surface area contributed by atoms with Crippen molar-refractivity contribution in [2.45, 2.75) is 0 Å². The second-order valence-electron chi connectivity index (χ2n) is 1.98. The summed E-state index contributed by atoms with van der Waals surface area (Å²) in [6.07, 6.45) is 0.501. The molecule has 0 aromatic heterocycles. The fourth-order valence-corrected chi connectivity index (χ4v) is 0.860. The van der Waals surface area contributed by atoms with Crippen molar-refractivity contribution in [2.24, 2.45) is 0 Å². The average Bonchev–Trinajstić information content (AvgIpc) is 1.97. The molecule has 0 atom stereocenters. The maximum absolute atomic E-state index is 10.2. The van der Waals surface area contributed by atoms with Gasteiger partial charge in [0.25, 0.3) is 0 Å². The summed E-state index contributed by atoms with van der Waals surface area (Å²) in [6.45, 7) is 0. The normalized spacial score (nSPS) is 9.55. The van der Waals surface area contributed by atoms with Crippen molar-refractivity contribution in [3.63, 3.8) is 0 Å². The number of aldehydes is 1. The van der Waals surface area contributed by atoms with Crippen LogP contribution in [-0.2, 0) is 0 Å². The molecule has 0 bridgehead atoms. The second-order valence-corrected chi connectivity index (χ2v) is 2.39. The molecule has 0 heterocycles. The van der Waals surface area contributed by atoms with Crippen LogP contribution in [0.15, 0.2) is 12.1 Å². The molecule has 1 rings (SSSR count). The average molecular weight is 173 g/mol. The minimum atomic E-state index is -0.350. The summed E-state index contributed by atoms with van der Waals surface area (Å²) < 4.78 is 0. The van der Waals surface area contributed by atoms with E-state index in [-0.39, 0.29) is 22.1 Å². The van der Waals surface area contributed by atoms with Crippen LogP contribution < -0.4 is 0 Å². The minimum absolute atomic E-state index is 0.121. The highest BCUT2D eigenvalue weighted by atomic mass is 35.5. The third kappa shape index (κ3) is 1.43. The van der Waals surface area contributed by atoms with Gasteiger partial charge < -0.3 is 10.2 Å². The SMILES string of the molecule is O=Cc1cc(O)c(O)cc1Cl. The number of aromatic hydroxyl groups is 2. The van der Waals surface area contributed by atoms with Gasteiger partial charge in [-0.25, -0.2) is 0 Å². The lowest BCUT2D eigenvalue weighted by molar-refractivity contribution is 0.112. The predicted octanol–water partition coefficient (Wildman–Crippen LogP) is 1.56. The quantitative estimate of drug-likeness (QED) is 0.499. The Morgan fingerprint density at radius 2 is 1.82 bits per heavy atom. The van der Waals surface area contributed by atoms with Crippen molar-refractivity contribution < 1.29 is 15.0 Å². The van der Waals surface area contributed by atoms with E-state index in [1.54, 1.807) is 0 Å².